The first-order chi connectivity index (χ1) is 9.65. The predicted molar refractivity (Wildman–Crippen MR) is 80.5 cm³/mol. The Bertz CT molecular complexity index is 502. The van der Waals surface area contributed by atoms with E-state index < -0.39 is 0 Å². The zero-order chi connectivity index (χ0) is 14.1. The van der Waals surface area contributed by atoms with E-state index in [0.717, 1.165) is 26.1 Å². The van der Waals surface area contributed by atoms with Crippen molar-refractivity contribution in [2.24, 2.45) is 5.92 Å². The maximum atomic E-state index is 12.7. The number of nitrogens with one attached hydrogen (secondary N) is 1. The summed E-state index contributed by atoms with van der Waals surface area (Å²) in [6, 6.07) is 7.05. The van der Waals surface area contributed by atoms with E-state index >= 15 is 0 Å². The lowest BCUT2D eigenvalue weighted by molar-refractivity contribution is -0.136. The van der Waals surface area contributed by atoms with Gasteiger partial charge >= 0.3 is 0 Å². The Morgan fingerprint density at radius 2 is 2.05 bits per heavy atom. The largest absolute Gasteiger partial charge is 0.335 e. The molecule has 2 aliphatic rings. The molecule has 1 aliphatic carbocycles. The number of nitrogens with zero attached hydrogens (tertiary/aromatic N) is 1. The molecule has 2 fully saturated rings. The minimum absolute atomic E-state index is 0.196. The van der Waals surface area contributed by atoms with Gasteiger partial charge in [0.05, 0.1) is 5.92 Å². The molecule has 0 aromatic heterocycles. The summed E-state index contributed by atoms with van der Waals surface area (Å²) in [6.07, 6.45) is 3.35. The molecule has 1 aliphatic heterocycles. The van der Waals surface area contributed by atoms with Gasteiger partial charge in [-0.3, -0.25) is 4.79 Å². The van der Waals surface area contributed by atoms with Crippen molar-refractivity contribution in [1.29, 1.82) is 0 Å². The second-order valence-electron chi connectivity index (χ2n) is 6.31. The third-order valence-corrected chi connectivity index (χ3v) is 4.60. The SMILES string of the molecule is Cc1ccc(CN(C(=O)C2CCNC2)C2CC2)cc1C. The summed E-state index contributed by atoms with van der Waals surface area (Å²) < 4.78 is 0. The number of aryl methyl sites for hydroxylation is 2. The summed E-state index contributed by atoms with van der Waals surface area (Å²) >= 11 is 0. The average molecular weight is 272 g/mol. The lowest BCUT2D eigenvalue weighted by Gasteiger charge is -2.25. The quantitative estimate of drug-likeness (QED) is 0.913. The topological polar surface area (TPSA) is 32.3 Å². The minimum Gasteiger partial charge on any atom is -0.335 e. The summed E-state index contributed by atoms with van der Waals surface area (Å²) in [5.74, 6) is 0.554. The normalized spacial score (nSPS) is 22.0. The highest BCUT2D eigenvalue weighted by Crippen LogP contribution is 2.30. The van der Waals surface area contributed by atoms with Crippen LogP contribution in [-0.4, -0.2) is 29.9 Å². The first kappa shape index (κ1) is 13.6. The van der Waals surface area contributed by atoms with Crippen LogP contribution in [0, 0.1) is 19.8 Å². The van der Waals surface area contributed by atoms with Gasteiger partial charge in [0.1, 0.15) is 0 Å². The Hall–Kier alpha value is -1.35. The van der Waals surface area contributed by atoms with Gasteiger partial charge in [-0.1, -0.05) is 18.2 Å². The summed E-state index contributed by atoms with van der Waals surface area (Å²) in [6.45, 7) is 6.89. The molecule has 1 heterocycles. The second-order valence-corrected chi connectivity index (χ2v) is 6.31. The third-order valence-electron chi connectivity index (χ3n) is 4.60. The first-order valence-corrected chi connectivity index (χ1v) is 7.72. The number of rotatable bonds is 4. The van der Waals surface area contributed by atoms with Gasteiger partial charge in [0, 0.05) is 19.1 Å². The fraction of sp³-hybridized carbons (Fsp3) is 0.588. The Morgan fingerprint density at radius 3 is 2.65 bits per heavy atom. The Labute approximate surface area is 121 Å². The van der Waals surface area contributed by atoms with Crippen LogP contribution >= 0.6 is 0 Å². The van der Waals surface area contributed by atoms with Gasteiger partial charge in [0.15, 0.2) is 0 Å². The van der Waals surface area contributed by atoms with Crippen molar-refractivity contribution in [2.45, 2.75) is 45.7 Å². The van der Waals surface area contributed by atoms with Crippen LogP contribution in [0.3, 0.4) is 0 Å². The Balaban J connectivity index is 1.73. The molecule has 1 saturated carbocycles. The van der Waals surface area contributed by atoms with E-state index in [1.165, 1.54) is 29.5 Å². The van der Waals surface area contributed by atoms with E-state index in [4.69, 9.17) is 0 Å². The minimum atomic E-state index is 0.196. The van der Waals surface area contributed by atoms with E-state index in [9.17, 15) is 4.79 Å². The fourth-order valence-corrected chi connectivity index (χ4v) is 2.97. The lowest BCUT2D eigenvalue weighted by Crippen LogP contribution is -2.38. The monoisotopic (exact) mass is 272 g/mol. The van der Waals surface area contributed by atoms with E-state index in [2.05, 4.69) is 42.3 Å². The smallest absolute Gasteiger partial charge is 0.227 e. The van der Waals surface area contributed by atoms with E-state index in [1.807, 2.05) is 0 Å². The lowest BCUT2D eigenvalue weighted by atomic mass is 10.0. The zero-order valence-electron chi connectivity index (χ0n) is 12.5. The molecule has 1 amide bonds. The van der Waals surface area contributed by atoms with E-state index in [0.29, 0.717) is 11.9 Å². The number of carbonyl (C=O) groups excluding carboxylic acids is 1. The van der Waals surface area contributed by atoms with Crippen molar-refractivity contribution < 1.29 is 4.79 Å². The molecule has 1 N–H and O–H groups in total. The fourth-order valence-electron chi connectivity index (χ4n) is 2.97. The number of benzene rings is 1. The number of hydrogen-bond donors (Lipinski definition) is 1. The molecule has 108 valence electrons. The molecular weight excluding hydrogens is 248 g/mol. The summed E-state index contributed by atoms with van der Waals surface area (Å²) in [4.78, 5) is 14.8. The maximum Gasteiger partial charge on any atom is 0.227 e. The van der Waals surface area contributed by atoms with Crippen LogP contribution in [0.25, 0.3) is 0 Å². The molecule has 1 aromatic carbocycles. The average Bonchev–Trinajstić information content (AvgIpc) is 3.13. The molecule has 1 aromatic rings. The van der Waals surface area contributed by atoms with Crippen molar-refractivity contribution in [2.75, 3.05) is 13.1 Å². The van der Waals surface area contributed by atoms with Crippen LogP contribution in [-0.2, 0) is 11.3 Å². The molecule has 3 nitrogen and oxygen atoms in total. The van der Waals surface area contributed by atoms with Gasteiger partial charge in [-0.15, -0.1) is 0 Å². The van der Waals surface area contributed by atoms with Crippen LogP contribution in [0.4, 0.5) is 0 Å². The van der Waals surface area contributed by atoms with Crippen molar-refractivity contribution in [3.05, 3.63) is 34.9 Å². The number of hydrogen-bond acceptors (Lipinski definition) is 2. The molecule has 1 atom stereocenters. The molecule has 1 saturated heterocycles. The van der Waals surface area contributed by atoms with Crippen molar-refractivity contribution in [3.8, 4) is 0 Å². The standard InChI is InChI=1S/C17H24N2O/c1-12-3-4-14(9-13(12)2)11-19(16-5-6-16)17(20)15-7-8-18-10-15/h3-4,9,15-16,18H,5-8,10-11H2,1-2H3. The zero-order valence-corrected chi connectivity index (χ0v) is 12.5. The first-order valence-electron chi connectivity index (χ1n) is 7.72. The molecule has 0 radical (unpaired) electrons. The summed E-state index contributed by atoms with van der Waals surface area (Å²) in [5.41, 5.74) is 3.89. The maximum absolute atomic E-state index is 12.7. The van der Waals surface area contributed by atoms with Gasteiger partial charge in [-0.05, 0) is 56.3 Å². The van der Waals surface area contributed by atoms with Crippen molar-refractivity contribution in [3.63, 3.8) is 0 Å². The van der Waals surface area contributed by atoms with Gasteiger partial charge in [-0.2, -0.15) is 0 Å². The van der Waals surface area contributed by atoms with Gasteiger partial charge in [0.2, 0.25) is 5.91 Å². The molecule has 3 heteroatoms. The predicted octanol–water partition coefficient (Wildman–Crippen LogP) is 2.40. The van der Waals surface area contributed by atoms with E-state index in [-0.39, 0.29) is 5.92 Å². The third kappa shape index (κ3) is 2.88. The summed E-state index contributed by atoms with van der Waals surface area (Å²) in [7, 11) is 0. The van der Waals surface area contributed by atoms with Crippen LogP contribution in [0.15, 0.2) is 18.2 Å². The molecule has 3 rings (SSSR count). The Kier molecular flexibility index (Phi) is 3.79. The van der Waals surface area contributed by atoms with Crippen LogP contribution < -0.4 is 5.32 Å². The van der Waals surface area contributed by atoms with Crippen LogP contribution in [0.1, 0.15) is 36.0 Å². The number of amides is 1. The highest BCUT2D eigenvalue weighted by Gasteiger charge is 2.36. The molecule has 0 spiro atoms. The second kappa shape index (κ2) is 5.57. The van der Waals surface area contributed by atoms with Gasteiger partial charge in [-0.25, -0.2) is 0 Å². The molecule has 0 bridgehead atoms. The van der Waals surface area contributed by atoms with Crippen LogP contribution in [0.2, 0.25) is 0 Å². The highest BCUT2D eigenvalue weighted by molar-refractivity contribution is 5.80. The number of carbonyl (C=O) groups is 1. The van der Waals surface area contributed by atoms with Gasteiger partial charge < -0.3 is 10.2 Å². The van der Waals surface area contributed by atoms with Crippen LogP contribution in [0.5, 0.6) is 0 Å². The molecule has 20 heavy (non-hydrogen) atoms. The van der Waals surface area contributed by atoms with E-state index in [1.54, 1.807) is 0 Å². The highest BCUT2D eigenvalue weighted by atomic mass is 16.2. The van der Waals surface area contributed by atoms with Crippen molar-refractivity contribution in [1.82, 2.24) is 10.2 Å². The molecule has 1 unspecified atom stereocenters. The Morgan fingerprint density at radius 1 is 1.25 bits per heavy atom. The van der Waals surface area contributed by atoms with Gasteiger partial charge in [0.25, 0.3) is 0 Å². The summed E-state index contributed by atoms with van der Waals surface area (Å²) in [5, 5.41) is 3.30. The molecular formula is C17H24N2O. The van der Waals surface area contributed by atoms with Crippen molar-refractivity contribution >= 4 is 5.91 Å².